The number of hydrogen-bond donors (Lipinski definition) is 2. The number of carbonyl (C=O) groups is 1. The Morgan fingerprint density at radius 1 is 1.32 bits per heavy atom. The number of nitrogens with one attached hydrogen (secondary N) is 1. The van der Waals surface area contributed by atoms with Crippen molar-refractivity contribution in [2.24, 2.45) is 0 Å². The number of urea groups is 1. The first-order valence-electron chi connectivity index (χ1n) is 8.89. The lowest BCUT2D eigenvalue weighted by Gasteiger charge is -2.40. The molecule has 3 N–H and O–H groups in total. The van der Waals surface area contributed by atoms with Gasteiger partial charge >= 0.3 is 6.03 Å². The fourth-order valence-electron chi connectivity index (χ4n) is 3.36. The van der Waals surface area contributed by atoms with Crippen molar-refractivity contribution < 1.29 is 9.53 Å². The Morgan fingerprint density at radius 3 is 2.93 bits per heavy atom. The Bertz CT molecular complexity index is 1010. The van der Waals surface area contributed by atoms with Crippen molar-refractivity contribution in [2.75, 3.05) is 42.7 Å². The molecule has 3 aromatic rings. The van der Waals surface area contributed by atoms with Gasteiger partial charge in [-0.05, 0) is 19.1 Å². The number of aromatic nitrogens is 3. The van der Waals surface area contributed by atoms with Crippen LogP contribution in [0.5, 0.6) is 5.75 Å². The normalized spacial score (nSPS) is 17.0. The van der Waals surface area contributed by atoms with Crippen molar-refractivity contribution in [1.82, 2.24) is 19.9 Å². The molecule has 28 heavy (non-hydrogen) atoms. The molecule has 1 atom stereocenters. The van der Waals surface area contributed by atoms with Crippen LogP contribution in [-0.2, 0) is 0 Å². The standard InChI is InChI=1S/C18H21N7O2S/c1-11-9-24(18(26)21-12-5-3-4-6-13(12)27-2)7-8-25(11)15-14-16(28-10-20-14)23-17(19)22-15/h3-6,10-11H,7-9H2,1-2H3,(H,21,26)(H2,19,22,23). The molecule has 0 saturated carbocycles. The van der Waals surface area contributed by atoms with Crippen LogP contribution in [0.4, 0.5) is 22.2 Å². The summed E-state index contributed by atoms with van der Waals surface area (Å²) in [7, 11) is 1.58. The minimum atomic E-state index is -0.156. The number of carbonyl (C=O) groups excluding carboxylic acids is 1. The zero-order valence-electron chi connectivity index (χ0n) is 15.6. The molecule has 1 fully saturated rings. The molecule has 146 valence electrons. The molecular weight excluding hydrogens is 378 g/mol. The summed E-state index contributed by atoms with van der Waals surface area (Å²) in [5, 5.41) is 2.93. The van der Waals surface area contributed by atoms with E-state index in [2.05, 4.69) is 32.1 Å². The molecule has 1 aliphatic rings. The van der Waals surface area contributed by atoms with Crippen LogP contribution in [0.25, 0.3) is 10.3 Å². The molecule has 0 bridgehead atoms. The summed E-state index contributed by atoms with van der Waals surface area (Å²) >= 11 is 1.44. The number of methoxy groups -OCH3 is 1. The van der Waals surface area contributed by atoms with Crippen molar-refractivity contribution >= 4 is 45.2 Å². The van der Waals surface area contributed by atoms with Gasteiger partial charge in [0.05, 0.1) is 18.3 Å². The fourth-order valence-corrected chi connectivity index (χ4v) is 4.02. The highest BCUT2D eigenvalue weighted by Gasteiger charge is 2.30. The Labute approximate surface area is 166 Å². The van der Waals surface area contributed by atoms with Gasteiger partial charge in [-0.2, -0.15) is 4.98 Å². The van der Waals surface area contributed by atoms with Crippen molar-refractivity contribution in [3.05, 3.63) is 29.8 Å². The third-order valence-electron chi connectivity index (χ3n) is 4.73. The van der Waals surface area contributed by atoms with Crippen LogP contribution in [0, 0.1) is 0 Å². The molecule has 3 heterocycles. The van der Waals surface area contributed by atoms with Crippen LogP contribution in [0.3, 0.4) is 0 Å². The predicted molar refractivity (Wildman–Crippen MR) is 110 cm³/mol. The number of ether oxygens (including phenoxy) is 1. The lowest BCUT2D eigenvalue weighted by Crippen LogP contribution is -2.55. The second-order valence-corrected chi connectivity index (χ2v) is 7.36. The van der Waals surface area contributed by atoms with Crippen LogP contribution in [0.15, 0.2) is 29.8 Å². The largest absolute Gasteiger partial charge is 0.495 e. The first-order chi connectivity index (χ1) is 13.6. The summed E-state index contributed by atoms with van der Waals surface area (Å²) < 4.78 is 5.30. The van der Waals surface area contributed by atoms with E-state index in [0.717, 1.165) is 16.2 Å². The number of para-hydroxylation sites is 2. The SMILES string of the molecule is COc1ccccc1NC(=O)N1CCN(c2nc(N)nc3scnc23)C(C)C1. The number of amides is 2. The lowest BCUT2D eigenvalue weighted by atomic mass is 10.2. The monoisotopic (exact) mass is 399 g/mol. The lowest BCUT2D eigenvalue weighted by molar-refractivity contribution is 0.200. The van der Waals surface area contributed by atoms with Crippen LogP contribution in [-0.4, -0.2) is 58.7 Å². The quantitative estimate of drug-likeness (QED) is 0.696. The fraction of sp³-hybridized carbons (Fsp3) is 0.333. The summed E-state index contributed by atoms with van der Waals surface area (Å²) in [6.45, 7) is 3.79. The first-order valence-corrected chi connectivity index (χ1v) is 9.77. The van der Waals surface area contributed by atoms with Gasteiger partial charge in [0, 0.05) is 25.7 Å². The number of hydrogen-bond acceptors (Lipinski definition) is 8. The van der Waals surface area contributed by atoms with Gasteiger partial charge in [0.25, 0.3) is 0 Å². The predicted octanol–water partition coefficient (Wildman–Crippen LogP) is 2.42. The zero-order valence-corrected chi connectivity index (χ0v) is 16.4. The van der Waals surface area contributed by atoms with Crippen molar-refractivity contribution in [3.8, 4) is 5.75 Å². The highest BCUT2D eigenvalue weighted by molar-refractivity contribution is 7.16. The molecule has 1 aromatic carbocycles. The second-order valence-electron chi connectivity index (χ2n) is 6.53. The van der Waals surface area contributed by atoms with E-state index in [4.69, 9.17) is 10.5 Å². The highest BCUT2D eigenvalue weighted by atomic mass is 32.1. The number of anilines is 3. The van der Waals surface area contributed by atoms with E-state index in [0.29, 0.717) is 31.1 Å². The molecule has 9 nitrogen and oxygen atoms in total. The molecule has 1 unspecified atom stereocenters. The van der Waals surface area contributed by atoms with E-state index in [1.54, 1.807) is 17.5 Å². The molecule has 1 aliphatic heterocycles. The molecule has 10 heteroatoms. The molecule has 0 spiro atoms. The Balaban J connectivity index is 1.49. The topological polar surface area (TPSA) is 110 Å². The van der Waals surface area contributed by atoms with Crippen molar-refractivity contribution in [2.45, 2.75) is 13.0 Å². The zero-order chi connectivity index (χ0) is 19.7. The van der Waals surface area contributed by atoms with E-state index in [1.807, 2.05) is 24.3 Å². The van der Waals surface area contributed by atoms with Gasteiger partial charge in [-0.1, -0.05) is 12.1 Å². The minimum Gasteiger partial charge on any atom is -0.495 e. The smallest absolute Gasteiger partial charge is 0.322 e. The number of fused-ring (bicyclic) bond motifs is 1. The van der Waals surface area contributed by atoms with Crippen LogP contribution in [0.1, 0.15) is 6.92 Å². The Morgan fingerprint density at radius 2 is 2.14 bits per heavy atom. The highest BCUT2D eigenvalue weighted by Crippen LogP contribution is 2.29. The average molecular weight is 399 g/mol. The Hall–Kier alpha value is -3.14. The minimum absolute atomic E-state index is 0.0522. The van der Waals surface area contributed by atoms with Gasteiger partial charge in [0.2, 0.25) is 5.95 Å². The van der Waals surface area contributed by atoms with E-state index in [1.165, 1.54) is 11.3 Å². The summed E-state index contributed by atoms with van der Waals surface area (Å²) in [6.07, 6.45) is 0. The van der Waals surface area contributed by atoms with Crippen LogP contribution >= 0.6 is 11.3 Å². The third-order valence-corrected chi connectivity index (χ3v) is 5.45. The number of rotatable bonds is 3. The number of nitrogens with zero attached hydrogens (tertiary/aromatic N) is 5. The van der Waals surface area contributed by atoms with Crippen molar-refractivity contribution in [1.29, 1.82) is 0 Å². The van der Waals surface area contributed by atoms with Gasteiger partial charge in [0.15, 0.2) is 10.6 Å². The van der Waals surface area contributed by atoms with Gasteiger partial charge in [0.1, 0.15) is 11.3 Å². The molecule has 2 aromatic heterocycles. The van der Waals surface area contributed by atoms with Crippen LogP contribution in [0.2, 0.25) is 0 Å². The summed E-state index contributed by atoms with van der Waals surface area (Å²) in [6, 6.07) is 7.25. The van der Waals surface area contributed by atoms with Crippen molar-refractivity contribution in [3.63, 3.8) is 0 Å². The molecular formula is C18H21N7O2S. The van der Waals surface area contributed by atoms with E-state index >= 15 is 0 Å². The van der Waals surface area contributed by atoms with Gasteiger partial charge in [-0.15, -0.1) is 11.3 Å². The molecule has 1 saturated heterocycles. The van der Waals surface area contributed by atoms with Gasteiger partial charge < -0.3 is 25.6 Å². The summed E-state index contributed by atoms with van der Waals surface area (Å²) in [4.78, 5) is 30.5. The third kappa shape index (κ3) is 3.38. The molecule has 0 radical (unpaired) electrons. The number of piperazine rings is 1. The molecule has 2 amide bonds. The molecule has 0 aliphatic carbocycles. The maximum absolute atomic E-state index is 12.7. The summed E-state index contributed by atoms with van der Waals surface area (Å²) in [5.74, 6) is 1.58. The average Bonchev–Trinajstić information content (AvgIpc) is 3.16. The van der Waals surface area contributed by atoms with E-state index in [-0.39, 0.29) is 18.0 Å². The summed E-state index contributed by atoms with van der Waals surface area (Å²) in [5.41, 5.74) is 9.01. The number of thiazole rings is 1. The van der Waals surface area contributed by atoms with E-state index in [9.17, 15) is 4.79 Å². The second kappa shape index (κ2) is 7.47. The maximum atomic E-state index is 12.7. The van der Waals surface area contributed by atoms with Gasteiger partial charge in [-0.3, -0.25) is 0 Å². The number of nitrogen functional groups attached to an aromatic ring is 1. The maximum Gasteiger partial charge on any atom is 0.322 e. The first kappa shape index (κ1) is 18.2. The molecule has 4 rings (SSSR count). The number of benzene rings is 1. The number of nitrogens with two attached hydrogens (primary N) is 1. The Kier molecular flexibility index (Phi) is 4.86. The van der Waals surface area contributed by atoms with Crippen LogP contribution < -0.4 is 20.7 Å². The van der Waals surface area contributed by atoms with E-state index < -0.39 is 0 Å². The van der Waals surface area contributed by atoms with Gasteiger partial charge in [-0.25, -0.2) is 14.8 Å².